The number of carboxylic acids is 1. The van der Waals surface area contributed by atoms with E-state index in [2.05, 4.69) is 5.32 Å². The average Bonchev–Trinajstić information content (AvgIpc) is 3.03. The normalized spacial score (nSPS) is 12.2. The predicted octanol–water partition coefficient (Wildman–Crippen LogP) is 5.10. The third-order valence-electron chi connectivity index (χ3n) is 4.93. The molecule has 0 bridgehead atoms. The van der Waals surface area contributed by atoms with Crippen LogP contribution in [0.3, 0.4) is 0 Å². The number of phenolic OH excluding ortho intramolecular Hbond substituents is 1. The SMILES string of the molecule is O=C(Nc1c(C(=O)O)ccc(Cl)c1O)OCC1c2ccccc2-c2ccccc21. The molecule has 1 aliphatic rings. The molecule has 0 aromatic heterocycles. The number of aromatic hydroxyl groups is 1. The lowest BCUT2D eigenvalue weighted by Crippen LogP contribution is -2.19. The van der Waals surface area contributed by atoms with Crippen molar-refractivity contribution in [3.05, 3.63) is 82.4 Å². The predicted molar refractivity (Wildman–Crippen MR) is 109 cm³/mol. The van der Waals surface area contributed by atoms with Crippen LogP contribution in [0.4, 0.5) is 10.5 Å². The van der Waals surface area contributed by atoms with Crippen LogP contribution in [-0.2, 0) is 4.74 Å². The third-order valence-corrected chi connectivity index (χ3v) is 5.23. The van der Waals surface area contributed by atoms with Gasteiger partial charge in [-0.25, -0.2) is 9.59 Å². The van der Waals surface area contributed by atoms with Crippen molar-refractivity contribution in [1.82, 2.24) is 0 Å². The molecule has 4 rings (SSSR count). The van der Waals surface area contributed by atoms with Gasteiger partial charge in [0.25, 0.3) is 0 Å². The third kappa shape index (κ3) is 3.39. The molecule has 0 fully saturated rings. The quantitative estimate of drug-likeness (QED) is 0.521. The van der Waals surface area contributed by atoms with Gasteiger partial charge in [0.1, 0.15) is 12.3 Å². The molecule has 29 heavy (non-hydrogen) atoms. The van der Waals surface area contributed by atoms with Crippen LogP contribution in [0.15, 0.2) is 60.7 Å². The highest BCUT2D eigenvalue weighted by Crippen LogP contribution is 2.44. The molecular weight excluding hydrogens is 394 g/mol. The number of amides is 1. The summed E-state index contributed by atoms with van der Waals surface area (Å²) in [5.74, 6) is -1.98. The summed E-state index contributed by atoms with van der Waals surface area (Å²) in [7, 11) is 0. The van der Waals surface area contributed by atoms with E-state index in [9.17, 15) is 19.8 Å². The Labute approximate surface area is 171 Å². The smallest absolute Gasteiger partial charge is 0.411 e. The van der Waals surface area contributed by atoms with Crippen molar-refractivity contribution >= 4 is 29.4 Å². The number of halogens is 1. The molecule has 0 radical (unpaired) electrons. The summed E-state index contributed by atoms with van der Waals surface area (Å²) in [6.45, 7) is 0.0591. The average molecular weight is 410 g/mol. The maximum atomic E-state index is 12.4. The molecule has 0 aliphatic heterocycles. The second-order valence-electron chi connectivity index (χ2n) is 6.57. The molecule has 0 saturated carbocycles. The van der Waals surface area contributed by atoms with Gasteiger partial charge >= 0.3 is 12.1 Å². The van der Waals surface area contributed by atoms with E-state index in [-0.39, 0.29) is 28.8 Å². The van der Waals surface area contributed by atoms with Crippen LogP contribution in [0, 0.1) is 0 Å². The number of fused-ring (bicyclic) bond motifs is 3. The van der Waals surface area contributed by atoms with Gasteiger partial charge in [-0.1, -0.05) is 60.1 Å². The lowest BCUT2D eigenvalue weighted by molar-refractivity contribution is 0.0697. The number of benzene rings is 3. The van der Waals surface area contributed by atoms with Gasteiger partial charge in [-0.3, -0.25) is 5.32 Å². The number of carbonyl (C=O) groups is 2. The summed E-state index contributed by atoms with van der Waals surface area (Å²) in [6, 6.07) is 18.3. The summed E-state index contributed by atoms with van der Waals surface area (Å²) >= 11 is 5.83. The number of anilines is 1. The summed E-state index contributed by atoms with van der Waals surface area (Å²) in [6.07, 6.45) is -0.882. The Morgan fingerprint density at radius 1 is 0.966 bits per heavy atom. The van der Waals surface area contributed by atoms with Crippen molar-refractivity contribution in [3.8, 4) is 16.9 Å². The Hall–Kier alpha value is -3.51. The van der Waals surface area contributed by atoms with E-state index >= 15 is 0 Å². The highest BCUT2D eigenvalue weighted by Gasteiger charge is 2.29. The second kappa shape index (κ2) is 7.48. The molecule has 6 nitrogen and oxygen atoms in total. The van der Waals surface area contributed by atoms with Crippen LogP contribution in [0.1, 0.15) is 27.4 Å². The minimum Gasteiger partial charge on any atom is -0.504 e. The Morgan fingerprint density at radius 2 is 1.55 bits per heavy atom. The fourth-order valence-electron chi connectivity index (χ4n) is 3.61. The Balaban J connectivity index is 1.55. The summed E-state index contributed by atoms with van der Waals surface area (Å²) in [4.78, 5) is 23.7. The van der Waals surface area contributed by atoms with Gasteiger partial charge in [0, 0.05) is 5.92 Å². The number of rotatable bonds is 4. The number of nitrogens with one attached hydrogen (secondary N) is 1. The molecule has 1 amide bonds. The summed E-state index contributed by atoms with van der Waals surface area (Å²) in [5.41, 5.74) is 3.70. The van der Waals surface area contributed by atoms with Crippen LogP contribution in [0.25, 0.3) is 11.1 Å². The number of ether oxygens (including phenoxy) is 1. The lowest BCUT2D eigenvalue weighted by Gasteiger charge is -2.16. The largest absolute Gasteiger partial charge is 0.504 e. The van der Waals surface area contributed by atoms with E-state index in [1.165, 1.54) is 12.1 Å². The number of aromatic carboxylic acids is 1. The fraction of sp³-hybridized carbons (Fsp3) is 0.0909. The number of carbonyl (C=O) groups excluding carboxylic acids is 1. The van der Waals surface area contributed by atoms with Crippen LogP contribution >= 0.6 is 11.6 Å². The number of carboxylic acid groups (broad SMARTS) is 1. The van der Waals surface area contributed by atoms with Crippen molar-refractivity contribution in [2.24, 2.45) is 0 Å². The first-order chi connectivity index (χ1) is 14.0. The minimum atomic E-state index is -1.31. The first kappa shape index (κ1) is 18.8. The lowest BCUT2D eigenvalue weighted by atomic mass is 9.98. The molecule has 1 aliphatic carbocycles. The monoisotopic (exact) mass is 409 g/mol. The Morgan fingerprint density at radius 3 is 2.14 bits per heavy atom. The number of hydrogen-bond acceptors (Lipinski definition) is 4. The zero-order chi connectivity index (χ0) is 20.5. The van der Waals surface area contributed by atoms with Crippen molar-refractivity contribution < 1.29 is 24.5 Å². The zero-order valence-corrected chi connectivity index (χ0v) is 15.8. The summed E-state index contributed by atoms with van der Waals surface area (Å²) in [5, 5.41) is 21.5. The van der Waals surface area contributed by atoms with E-state index in [1.807, 2.05) is 48.5 Å². The summed E-state index contributed by atoms with van der Waals surface area (Å²) < 4.78 is 5.38. The van der Waals surface area contributed by atoms with Crippen molar-refractivity contribution in [2.75, 3.05) is 11.9 Å². The maximum absolute atomic E-state index is 12.4. The molecule has 0 saturated heterocycles. The van der Waals surface area contributed by atoms with Crippen LogP contribution in [-0.4, -0.2) is 28.9 Å². The van der Waals surface area contributed by atoms with Crippen molar-refractivity contribution in [3.63, 3.8) is 0 Å². The molecule has 0 spiro atoms. The van der Waals surface area contributed by atoms with Gasteiger partial charge in [0.2, 0.25) is 0 Å². The van der Waals surface area contributed by atoms with Gasteiger partial charge < -0.3 is 14.9 Å². The van der Waals surface area contributed by atoms with Gasteiger partial charge in [-0.15, -0.1) is 0 Å². The van der Waals surface area contributed by atoms with Gasteiger partial charge in [-0.2, -0.15) is 0 Å². The maximum Gasteiger partial charge on any atom is 0.411 e. The number of hydrogen-bond donors (Lipinski definition) is 3. The topological polar surface area (TPSA) is 95.9 Å². The van der Waals surface area contributed by atoms with Crippen molar-refractivity contribution in [2.45, 2.75) is 5.92 Å². The molecule has 0 heterocycles. The van der Waals surface area contributed by atoms with Crippen LogP contribution in [0.5, 0.6) is 5.75 Å². The molecule has 7 heteroatoms. The first-order valence-electron chi connectivity index (χ1n) is 8.84. The van der Waals surface area contributed by atoms with E-state index in [0.717, 1.165) is 22.3 Å². The molecule has 3 aromatic rings. The van der Waals surface area contributed by atoms with E-state index in [4.69, 9.17) is 16.3 Å². The Bertz CT molecular complexity index is 1080. The highest BCUT2D eigenvalue weighted by atomic mass is 35.5. The number of phenols is 1. The van der Waals surface area contributed by atoms with Crippen LogP contribution < -0.4 is 5.32 Å². The molecule has 0 atom stereocenters. The molecule has 146 valence electrons. The first-order valence-corrected chi connectivity index (χ1v) is 9.22. The molecular formula is C22H16ClNO5. The standard InChI is InChI=1S/C22H16ClNO5/c23-18-10-9-16(21(26)27)19(20(18)25)24-22(28)29-11-17-14-7-3-1-5-12(14)13-6-2-4-8-15(13)17/h1-10,17,25H,11H2,(H,24,28)(H,26,27). The zero-order valence-electron chi connectivity index (χ0n) is 15.1. The highest BCUT2D eigenvalue weighted by molar-refractivity contribution is 6.33. The van der Waals surface area contributed by atoms with Gasteiger partial charge in [0.15, 0.2) is 5.75 Å². The molecule has 3 aromatic carbocycles. The van der Waals surface area contributed by atoms with E-state index < -0.39 is 17.8 Å². The molecule has 3 N–H and O–H groups in total. The van der Waals surface area contributed by atoms with E-state index in [0.29, 0.717) is 0 Å². The Kier molecular flexibility index (Phi) is 4.86. The van der Waals surface area contributed by atoms with Crippen molar-refractivity contribution in [1.29, 1.82) is 0 Å². The fourth-order valence-corrected chi connectivity index (χ4v) is 3.76. The van der Waals surface area contributed by atoms with Gasteiger partial charge in [-0.05, 0) is 34.4 Å². The minimum absolute atomic E-state index is 0.0591. The second-order valence-corrected chi connectivity index (χ2v) is 6.98. The van der Waals surface area contributed by atoms with E-state index in [1.54, 1.807) is 0 Å². The molecule has 0 unspecified atom stereocenters. The van der Waals surface area contributed by atoms with Gasteiger partial charge in [0.05, 0.1) is 10.6 Å². The van der Waals surface area contributed by atoms with Crippen LogP contribution in [0.2, 0.25) is 5.02 Å².